The highest BCUT2D eigenvalue weighted by Gasteiger charge is 2.28. The molecule has 2 N–H and O–H groups in total. The summed E-state index contributed by atoms with van der Waals surface area (Å²) in [7, 11) is 1.76. The first-order valence-corrected chi connectivity index (χ1v) is 8.32. The van der Waals surface area contributed by atoms with Crippen molar-refractivity contribution in [2.45, 2.75) is 18.9 Å². The number of thioether (sulfide) groups is 1. The summed E-state index contributed by atoms with van der Waals surface area (Å²) in [5.74, 6) is 3.05. The minimum Gasteiger partial charge on any atom is -0.383 e. The van der Waals surface area contributed by atoms with Gasteiger partial charge in [-0.3, -0.25) is 9.89 Å². The molecule has 0 aromatic heterocycles. The molecular weight excluding hydrogens is 387 g/mol. The van der Waals surface area contributed by atoms with Gasteiger partial charge in [0.25, 0.3) is 0 Å². The van der Waals surface area contributed by atoms with E-state index in [0.717, 1.165) is 62.8 Å². The van der Waals surface area contributed by atoms with Crippen molar-refractivity contribution in [1.82, 2.24) is 9.80 Å². The highest BCUT2D eigenvalue weighted by Crippen LogP contribution is 2.26. The van der Waals surface area contributed by atoms with Crippen LogP contribution in [-0.4, -0.2) is 79.7 Å². The number of ether oxygens (including phenoxy) is 1. The third kappa shape index (κ3) is 6.36. The molecule has 5 nitrogen and oxygen atoms in total. The Balaban J connectivity index is 0.00000200. The summed E-state index contributed by atoms with van der Waals surface area (Å²) < 4.78 is 5.16. The van der Waals surface area contributed by atoms with E-state index < -0.39 is 0 Å². The van der Waals surface area contributed by atoms with Crippen molar-refractivity contribution >= 4 is 41.7 Å². The molecule has 0 radical (unpaired) electrons. The standard InChI is InChI=1S/C13H26N4OS.HI/c1-18-9-6-16(12-2-3-12)5-4-15-13(14)17-7-10-19-11-8-17;/h12H,2-11H2,1H3,(H2,14,15);1H. The summed E-state index contributed by atoms with van der Waals surface area (Å²) in [4.78, 5) is 9.21. The maximum absolute atomic E-state index is 6.05. The first-order valence-electron chi connectivity index (χ1n) is 7.17. The first kappa shape index (κ1) is 18.3. The van der Waals surface area contributed by atoms with E-state index in [0.29, 0.717) is 0 Å². The van der Waals surface area contributed by atoms with E-state index in [-0.39, 0.29) is 24.0 Å². The number of rotatable bonds is 7. The number of hydrogen-bond donors (Lipinski definition) is 1. The first-order chi connectivity index (χ1) is 9.31. The molecule has 1 saturated carbocycles. The van der Waals surface area contributed by atoms with Gasteiger partial charge in [0, 0.05) is 50.8 Å². The van der Waals surface area contributed by atoms with E-state index >= 15 is 0 Å². The number of guanidine groups is 1. The second kappa shape index (κ2) is 10.1. The zero-order valence-corrected chi connectivity index (χ0v) is 15.4. The number of methoxy groups -OCH3 is 1. The van der Waals surface area contributed by atoms with Gasteiger partial charge in [-0.25, -0.2) is 0 Å². The van der Waals surface area contributed by atoms with Crippen LogP contribution in [0.5, 0.6) is 0 Å². The fourth-order valence-corrected chi connectivity index (χ4v) is 3.21. The van der Waals surface area contributed by atoms with Crippen molar-refractivity contribution < 1.29 is 4.74 Å². The Kier molecular flexibility index (Phi) is 9.23. The number of aliphatic imine (C=N–C) groups is 1. The number of nitrogens with zero attached hydrogens (tertiary/aromatic N) is 3. The molecule has 20 heavy (non-hydrogen) atoms. The Labute approximate surface area is 143 Å². The summed E-state index contributed by atoms with van der Waals surface area (Å²) in [6.07, 6.45) is 2.65. The average Bonchev–Trinajstić information content (AvgIpc) is 3.28. The lowest BCUT2D eigenvalue weighted by atomic mass is 10.4. The van der Waals surface area contributed by atoms with Crippen LogP contribution in [0.15, 0.2) is 4.99 Å². The van der Waals surface area contributed by atoms with Crippen LogP contribution in [0.1, 0.15) is 12.8 Å². The number of nitrogens with two attached hydrogens (primary N) is 1. The third-order valence-corrected chi connectivity index (χ3v) is 4.58. The Morgan fingerprint density at radius 3 is 2.65 bits per heavy atom. The lowest BCUT2D eigenvalue weighted by Gasteiger charge is -2.27. The molecular formula is C13H27IN4OS. The Morgan fingerprint density at radius 2 is 2.05 bits per heavy atom. The zero-order valence-electron chi connectivity index (χ0n) is 12.3. The Morgan fingerprint density at radius 1 is 1.35 bits per heavy atom. The van der Waals surface area contributed by atoms with Crippen molar-refractivity contribution in [3.05, 3.63) is 0 Å². The monoisotopic (exact) mass is 414 g/mol. The van der Waals surface area contributed by atoms with Crippen molar-refractivity contribution in [1.29, 1.82) is 0 Å². The SMILES string of the molecule is COCCN(CCN=C(N)N1CCSCC1)C1CC1.I. The molecule has 0 spiro atoms. The second-order valence-corrected chi connectivity index (χ2v) is 6.32. The van der Waals surface area contributed by atoms with Crippen molar-refractivity contribution in [2.75, 3.05) is 57.9 Å². The fraction of sp³-hybridized carbons (Fsp3) is 0.923. The van der Waals surface area contributed by atoms with Gasteiger partial charge in [0.1, 0.15) is 0 Å². The quantitative estimate of drug-likeness (QED) is 0.384. The lowest BCUT2D eigenvalue weighted by Crippen LogP contribution is -2.43. The molecule has 1 saturated heterocycles. The number of halogens is 1. The van der Waals surface area contributed by atoms with Gasteiger partial charge in [0.05, 0.1) is 13.2 Å². The Hall–Kier alpha value is 0.270. The molecule has 1 heterocycles. The van der Waals surface area contributed by atoms with Gasteiger partial charge in [0.2, 0.25) is 0 Å². The molecule has 0 aromatic carbocycles. The van der Waals surface area contributed by atoms with Crippen molar-refractivity contribution in [2.24, 2.45) is 10.7 Å². The van der Waals surface area contributed by atoms with Crippen LogP contribution in [0.4, 0.5) is 0 Å². The smallest absolute Gasteiger partial charge is 0.191 e. The van der Waals surface area contributed by atoms with Crippen LogP contribution in [-0.2, 0) is 4.74 Å². The minimum absolute atomic E-state index is 0. The van der Waals surface area contributed by atoms with Crippen LogP contribution in [0.2, 0.25) is 0 Å². The van der Waals surface area contributed by atoms with Gasteiger partial charge in [-0.1, -0.05) is 0 Å². The molecule has 0 atom stereocenters. The summed E-state index contributed by atoms with van der Waals surface area (Å²) >= 11 is 1.99. The van der Waals surface area contributed by atoms with Gasteiger partial charge in [-0.05, 0) is 12.8 Å². The highest BCUT2D eigenvalue weighted by atomic mass is 127. The summed E-state index contributed by atoms with van der Waals surface area (Å²) in [6.45, 7) is 5.69. The molecule has 118 valence electrons. The van der Waals surface area contributed by atoms with E-state index in [4.69, 9.17) is 10.5 Å². The predicted molar refractivity (Wildman–Crippen MR) is 97.3 cm³/mol. The molecule has 2 aliphatic rings. The highest BCUT2D eigenvalue weighted by molar-refractivity contribution is 14.0. The Bertz CT molecular complexity index is 296. The van der Waals surface area contributed by atoms with Crippen LogP contribution in [0.25, 0.3) is 0 Å². The van der Waals surface area contributed by atoms with Gasteiger partial charge < -0.3 is 15.4 Å². The topological polar surface area (TPSA) is 54.1 Å². The van der Waals surface area contributed by atoms with Crippen LogP contribution < -0.4 is 5.73 Å². The average molecular weight is 414 g/mol. The van der Waals surface area contributed by atoms with Crippen molar-refractivity contribution in [3.8, 4) is 0 Å². The van der Waals surface area contributed by atoms with E-state index in [1.54, 1.807) is 7.11 Å². The molecule has 2 fully saturated rings. The zero-order chi connectivity index (χ0) is 13.5. The molecule has 7 heteroatoms. The lowest BCUT2D eigenvalue weighted by molar-refractivity contribution is 0.145. The molecule has 1 aliphatic heterocycles. The van der Waals surface area contributed by atoms with Crippen LogP contribution in [0.3, 0.4) is 0 Å². The molecule has 0 amide bonds. The molecule has 2 rings (SSSR count). The molecule has 0 aromatic rings. The van der Waals surface area contributed by atoms with Gasteiger partial charge >= 0.3 is 0 Å². The maximum Gasteiger partial charge on any atom is 0.191 e. The van der Waals surface area contributed by atoms with E-state index in [1.807, 2.05) is 11.8 Å². The normalized spacial score (nSPS) is 20.1. The van der Waals surface area contributed by atoms with Gasteiger partial charge in [-0.2, -0.15) is 11.8 Å². The number of hydrogen-bond acceptors (Lipinski definition) is 4. The molecule has 0 bridgehead atoms. The van der Waals surface area contributed by atoms with Crippen molar-refractivity contribution in [3.63, 3.8) is 0 Å². The second-order valence-electron chi connectivity index (χ2n) is 5.10. The van der Waals surface area contributed by atoms with Crippen LogP contribution in [0, 0.1) is 0 Å². The predicted octanol–water partition coefficient (Wildman–Crippen LogP) is 1.08. The van der Waals surface area contributed by atoms with E-state index in [1.165, 1.54) is 12.8 Å². The van der Waals surface area contributed by atoms with Gasteiger partial charge in [0.15, 0.2) is 5.96 Å². The van der Waals surface area contributed by atoms with Crippen LogP contribution >= 0.6 is 35.7 Å². The summed E-state index contributed by atoms with van der Waals surface area (Å²) in [6, 6.07) is 0.762. The maximum atomic E-state index is 6.05. The third-order valence-electron chi connectivity index (χ3n) is 3.64. The van der Waals surface area contributed by atoms with Gasteiger partial charge in [-0.15, -0.1) is 24.0 Å². The summed E-state index contributed by atoms with van der Waals surface area (Å²) in [5.41, 5.74) is 6.05. The largest absolute Gasteiger partial charge is 0.383 e. The molecule has 1 aliphatic carbocycles. The summed E-state index contributed by atoms with van der Waals surface area (Å²) in [5, 5.41) is 0. The van der Waals surface area contributed by atoms with E-state index in [9.17, 15) is 0 Å². The van der Waals surface area contributed by atoms with E-state index in [2.05, 4.69) is 14.8 Å². The minimum atomic E-state index is 0. The fourth-order valence-electron chi connectivity index (χ4n) is 2.31. The molecule has 0 unspecified atom stereocenters.